The summed E-state index contributed by atoms with van der Waals surface area (Å²) in [5.41, 5.74) is 7.89. The lowest BCUT2D eigenvalue weighted by molar-refractivity contribution is -0.00619. The van der Waals surface area contributed by atoms with Gasteiger partial charge in [0.1, 0.15) is 12.7 Å². The van der Waals surface area contributed by atoms with Crippen molar-refractivity contribution in [1.29, 1.82) is 0 Å². The third-order valence-corrected chi connectivity index (χ3v) is 5.42. The Labute approximate surface area is 163 Å². The molecule has 1 amide bonds. The molecule has 8 nitrogen and oxygen atoms in total. The van der Waals surface area contributed by atoms with Crippen LogP contribution in [-0.4, -0.2) is 51.7 Å². The average molecular weight is 383 g/mol. The lowest BCUT2D eigenvalue weighted by Crippen LogP contribution is -2.25. The highest BCUT2D eigenvalue weighted by atomic mass is 16.5. The summed E-state index contributed by atoms with van der Waals surface area (Å²) >= 11 is 0. The lowest BCUT2D eigenvalue weighted by Gasteiger charge is -2.30. The summed E-state index contributed by atoms with van der Waals surface area (Å²) in [7, 11) is 1.68. The van der Waals surface area contributed by atoms with Gasteiger partial charge < -0.3 is 19.8 Å². The van der Waals surface area contributed by atoms with Crippen LogP contribution in [0, 0.1) is 0 Å². The Morgan fingerprint density at radius 3 is 2.75 bits per heavy atom. The van der Waals surface area contributed by atoms with E-state index in [0.29, 0.717) is 24.8 Å². The zero-order valence-corrected chi connectivity index (χ0v) is 16.0. The van der Waals surface area contributed by atoms with Crippen LogP contribution in [-0.2, 0) is 9.47 Å². The summed E-state index contributed by atoms with van der Waals surface area (Å²) in [6, 6.07) is 6.15. The molecule has 0 unspecified atom stereocenters. The molecule has 28 heavy (non-hydrogen) atoms. The molecule has 1 aliphatic carbocycles. The van der Waals surface area contributed by atoms with Crippen molar-refractivity contribution in [3.8, 4) is 5.69 Å². The van der Waals surface area contributed by atoms with Gasteiger partial charge in [-0.05, 0) is 43.9 Å². The van der Waals surface area contributed by atoms with Crippen LogP contribution in [0.15, 0.2) is 37.1 Å². The number of primary amides is 1. The number of carbonyl (C=O) groups is 1. The minimum Gasteiger partial charge on any atom is -0.382 e. The van der Waals surface area contributed by atoms with Crippen LogP contribution in [0.2, 0.25) is 0 Å². The van der Waals surface area contributed by atoms with E-state index in [9.17, 15) is 4.79 Å². The maximum Gasteiger partial charge on any atom is 0.250 e. The number of hydrogen-bond acceptors (Lipinski definition) is 5. The summed E-state index contributed by atoms with van der Waals surface area (Å²) < 4.78 is 14.8. The summed E-state index contributed by atoms with van der Waals surface area (Å²) in [6.45, 7) is 1.26. The van der Waals surface area contributed by atoms with E-state index >= 15 is 0 Å². The quantitative estimate of drug-likeness (QED) is 0.632. The standard InChI is InChI=1S/C20H25N5O3/c1-27-8-9-28-17-4-2-15(3-5-17)24-7-6-14-10-16(25-13-22-12-23-25)11-18(19(14)24)20(21)26/h6-7,10-13,15,17H,2-5,8-9H2,1H3,(H2,21,26). The van der Waals surface area contributed by atoms with E-state index in [4.69, 9.17) is 15.2 Å². The van der Waals surface area contributed by atoms with E-state index in [2.05, 4.69) is 20.8 Å². The minimum absolute atomic E-state index is 0.280. The molecule has 0 spiro atoms. The van der Waals surface area contributed by atoms with Crippen LogP contribution >= 0.6 is 0 Å². The summed E-state index contributed by atoms with van der Waals surface area (Å²) in [5, 5.41) is 5.13. The van der Waals surface area contributed by atoms with Gasteiger partial charge in [-0.15, -0.1) is 0 Å². The van der Waals surface area contributed by atoms with Crippen LogP contribution in [0.4, 0.5) is 0 Å². The molecule has 2 N–H and O–H groups in total. The van der Waals surface area contributed by atoms with Crippen molar-refractivity contribution >= 4 is 16.8 Å². The Bertz CT molecular complexity index is 942. The summed E-state index contributed by atoms with van der Waals surface area (Å²) in [6.07, 6.45) is 9.41. The van der Waals surface area contributed by atoms with Gasteiger partial charge >= 0.3 is 0 Å². The van der Waals surface area contributed by atoms with Gasteiger partial charge in [0.25, 0.3) is 5.91 Å². The average Bonchev–Trinajstić information content (AvgIpc) is 3.38. The summed E-state index contributed by atoms with van der Waals surface area (Å²) in [5.74, 6) is -0.441. The second-order valence-corrected chi connectivity index (χ2v) is 7.15. The van der Waals surface area contributed by atoms with E-state index < -0.39 is 5.91 Å². The van der Waals surface area contributed by atoms with Crippen LogP contribution in [0.3, 0.4) is 0 Å². The molecular formula is C20H25N5O3. The Hall–Kier alpha value is -2.71. The number of nitrogens with zero attached hydrogens (tertiary/aromatic N) is 4. The first kappa shape index (κ1) is 18.6. The molecule has 0 radical (unpaired) electrons. The second kappa shape index (κ2) is 8.12. The number of amides is 1. The molecule has 1 saturated carbocycles. The molecule has 1 aromatic carbocycles. The van der Waals surface area contributed by atoms with Crippen LogP contribution in [0.25, 0.3) is 16.6 Å². The molecule has 0 atom stereocenters. The zero-order chi connectivity index (χ0) is 19.5. The van der Waals surface area contributed by atoms with Crippen molar-refractivity contribution in [3.63, 3.8) is 0 Å². The Kier molecular flexibility index (Phi) is 5.40. The molecule has 1 fully saturated rings. The van der Waals surface area contributed by atoms with E-state index in [1.165, 1.54) is 6.33 Å². The first-order chi connectivity index (χ1) is 13.7. The molecule has 2 aromatic heterocycles. The number of hydrogen-bond donors (Lipinski definition) is 1. The Balaban J connectivity index is 1.60. The highest BCUT2D eigenvalue weighted by Crippen LogP contribution is 2.34. The molecule has 148 valence electrons. The van der Waals surface area contributed by atoms with E-state index in [1.54, 1.807) is 24.2 Å². The van der Waals surface area contributed by atoms with Gasteiger partial charge in [-0.1, -0.05) is 0 Å². The fourth-order valence-electron chi connectivity index (χ4n) is 4.05. The highest BCUT2D eigenvalue weighted by Gasteiger charge is 2.25. The van der Waals surface area contributed by atoms with Gasteiger partial charge in [0.05, 0.1) is 36.1 Å². The molecule has 0 aliphatic heterocycles. The van der Waals surface area contributed by atoms with Crippen LogP contribution in [0.1, 0.15) is 42.1 Å². The number of fused-ring (bicyclic) bond motifs is 1. The van der Waals surface area contributed by atoms with Gasteiger partial charge in [-0.2, -0.15) is 5.10 Å². The first-order valence-electron chi connectivity index (χ1n) is 9.57. The van der Waals surface area contributed by atoms with E-state index in [-0.39, 0.29) is 6.10 Å². The normalized spacial score (nSPS) is 19.9. The number of benzene rings is 1. The molecule has 0 saturated heterocycles. The summed E-state index contributed by atoms with van der Waals surface area (Å²) in [4.78, 5) is 16.2. The number of ether oxygens (including phenoxy) is 2. The van der Waals surface area contributed by atoms with E-state index in [1.807, 2.05) is 12.1 Å². The van der Waals surface area contributed by atoms with Crippen LogP contribution in [0.5, 0.6) is 0 Å². The van der Waals surface area contributed by atoms with E-state index in [0.717, 1.165) is 42.3 Å². The smallest absolute Gasteiger partial charge is 0.250 e. The predicted octanol–water partition coefficient (Wildman–Crippen LogP) is 2.47. The number of nitrogens with two attached hydrogens (primary N) is 1. The molecule has 2 heterocycles. The van der Waals surface area contributed by atoms with Crippen molar-refractivity contribution in [2.75, 3.05) is 20.3 Å². The van der Waals surface area contributed by atoms with Crippen LogP contribution < -0.4 is 5.73 Å². The Morgan fingerprint density at radius 1 is 1.25 bits per heavy atom. The third-order valence-electron chi connectivity index (χ3n) is 5.42. The lowest BCUT2D eigenvalue weighted by atomic mass is 9.92. The highest BCUT2D eigenvalue weighted by molar-refractivity contribution is 6.06. The maximum atomic E-state index is 12.2. The maximum absolute atomic E-state index is 12.2. The largest absolute Gasteiger partial charge is 0.382 e. The third kappa shape index (κ3) is 3.65. The van der Waals surface area contributed by atoms with Gasteiger partial charge in [0.2, 0.25) is 0 Å². The van der Waals surface area contributed by atoms with Crippen molar-refractivity contribution in [2.24, 2.45) is 5.73 Å². The minimum atomic E-state index is -0.441. The molecule has 1 aliphatic rings. The van der Waals surface area contributed by atoms with Gasteiger partial charge in [-0.25, -0.2) is 9.67 Å². The number of rotatable bonds is 7. The van der Waals surface area contributed by atoms with Gasteiger partial charge in [0, 0.05) is 24.7 Å². The van der Waals surface area contributed by atoms with Crippen molar-refractivity contribution in [2.45, 2.75) is 37.8 Å². The topological polar surface area (TPSA) is 97.2 Å². The molecule has 4 rings (SSSR count). The zero-order valence-electron chi connectivity index (χ0n) is 16.0. The molecule has 3 aromatic rings. The van der Waals surface area contributed by atoms with Gasteiger partial charge in [-0.3, -0.25) is 4.79 Å². The Morgan fingerprint density at radius 2 is 2.07 bits per heavy atom. The number of carbonyl (C=O) groups excluding carboxylic acids is 1. The SMILES string of the molecule is COCCOC1CCC(n2ccc3cc(-n4cncn4)cc(C(N)=O)c32)CC1. The van der Waals surface area contributed by atoms with Crippen molar-refractivity contribution in [1.82, 2.24) is 19.3 Å². The predicted molar refractivity (Wildman–Crippen MR) is 104 cm³/mol. The molecular weight excluding hydrogens is 358 g/mol. The first-order valence-corrected chi connectivity index (χ1v) is 9.57. The second-order valence-electron chi connectivity index (χ2n) is 7.15. The van der Waals surface area contributed by atoms with Crippen molar-refractivity contribution < 1.29 is 14.3 Å². The number of aromatic nitrogens is 4. The molecule has 8 heteroatoms. The fraction of sp³-hybridized carbons (Fsp3) is 0.450. The van der Waals surface area contributed by atoms with Gasteiger partial charge in [0.15, 0.2) is 0 Å². The van der Waals surface area contributed by atoms with Crippen molar-refractivity contribution in [3.05, 3.63) is 42.6 Å². The monoisotopic (exact) mass is 383 g/mol. The fourth-order valence-corrected chi connectivity index (χ4v) is 4.05. The number of methoxy groups -OCH3 is 1. The molecule has 0 bridgehead atoms.